The third-order valence-corrected chi connectivity index (χ3v) is 3.89. The average molecular weight is 346 g/mol. The van der Waals surface area contributed by atoms with Crippen LogP contribution < -0.4 is 0 Å². The van der Waals surface area contributed by atoms with Crippen LogP contribution in [0.25, 0.3) is 11.1 Å². The van der Waals surface area contributed by atoms with Crippen molar-refractivity contribution in [2.24, 2.45) is 0 Å². The SMILES string of the molecule is CCCC(OC)c1nc(Cl)c(-c2ccc(Cl)cc2)c(Cl)n1. The Morgan fingerprint density at radius 2 is 1.62 bits per heavy atom. The molecule has 1 aromatic heterocycles. The second-order valence-corrected chi connectivity index (χ2v) is 5.71. The summed E-state index contributed by atoms with van der Waals surface area (Å²) in [7, 11) is 1.62. The molecule has 6 heteroatoms. The lowest BCUT2D eigenvalue weighted by molar-refractivity contribution is 0.0876. The number of halogens is 3. The van der Waals surface area contributed by atoms with Gasteiger partial charge in [-0.25, -0.2) is 9.97 Å². The zero-order valence-electron chi connectivity index (χ0n) is 11.7. The summed E-state index contributed by atoms with van der Waals surface area (Å²) in [6.07, 6.45) is 1.56. The summed E-state index contributed by atoms with van der Waals surface area (Å²) < 4.78 is 5.39. The van der Waals surface area contributed by atoms with Gasteiger partial charge in [-0.2, -0.15) is 0 Å². The van der Waals surface area contributed by atoms with E-state index in [2.05, 4.69) is 16.9 Å². The molecule has 0 saturated carbocycles. The topological polar surface area (TPSA) is 35.0 Å². The predicted molar refractivity (Wildman–Crippen MR) is 87.2 cm³/mol. The van der Waals surface area contributed by atoms with Crippen LogP contribution in [0.2, 0.25) is 15.3 Å². The second-order valence-electron chi connectivity index (χ2n) is 4.56. The van der Waals surface area contributed by atoms with Crippen LogP contribution in [-0.2, 0) is 4.74 Å². The van der Waals surface area contributed by atoms with Crippen molar-refractivity contribution in [3.8, 4) is 11.1 Å². The van der Waals surface area contributed by atoms with Crippen LogP contribution in [0.15, 0.2) is 24.3 Å². The summed E-state index contributed by atoms with van der Waals surface area (Å²) >= 11 is 18.5. The number of benzene rings is 1. The largest absolute Gasteiger partial charge is 0.373 e. The summed E-state index contributed by atoms with van der Waals surface area (Å²) in [6, 6.07) is 7.20. The van der Waals surface area contributed by atoms with Gasteiger partial charge in [0.25, 0.3) is 0 Å². The third-order valence-electron chi connectivity index (χ3n) is 3.09. The molecule has 0 saturated heterocycles. The van der Waals surface area contributed by atoms with E-state index in [0.29, 0.717) is 26.7 Å². The van der Waals surface area contributed by atoms with E-state index in [1.807, 2.05) is 12.1 Å². The van der Waals surface area contributed by atoms with Crippen molar-refractivity contribution >= 4 is 34.8 Å². The van der Waals surface area contributed by atoms with Crippen molar-refractivity contribution in [1.82, 2.24) is 9.97 Å². The molecule has 1 aromatic carbocycles. The van der Waals surface area contributed by atoms with Crippen LogP contribution in [0.5, 0.6) is 0 Å². The zero-order valence-corrected chi connectivity index (χ0v) is 14.0. The van der Waals surface area contributed by atoms with Gasteiger partial charge in [0.05, 0.1) is 5.56 Å². The maximum Gasteiger partial charge on any atom is 0.160 e. The highest BCUT2D eigenvalue weighted by Gasteiger charge is 2.19. The standard InChI is InChI=1S/C15H15Cl3N2O/c1-3-4-11(21-2)15-19-13(17)12(14(18)20-15)9-5-7-10(16)8-6-9/h5-8,11H,3-4H2,1-2H3. The van der Waals surface area contributed by atoms with Gasteiger partial charge in [-0.3, -0.25) is 0 Å². The van der Waals surface area contributed by atoms with Crippen molar-refractivity contribution in [2.75, 3.05) is 7.11 Å². The first-order valence-electron chi connectivity index (χ1n) is 6.58. The van der Waals surface area contributed by atoms with Crippen LogP contribution in [-0.4, -0.2) is 17.1 Å². The van der Waals surface area contributed by atoms with Gasteiger partial charge in [0.15, 0.2) is 5.82 Å². The molecule has 1 heterocycles. The van der Waals surface area contributed by atoms with E-state index >= 15 is 0 Å². The minimum absolute atomic E-state index is 0.204. The number of methoxy groups -OCH3 is 1. The summed E-state index contributed by atoms with van der Waals surface area (Å²) in [4.78, 5) is 8.67. The Labute approximate surface area is 139 Å². The summed E-state index contributed by atoms with van der Waals surface area (Å²) in [5.41, 5.74) is 1.43. The maximum atomic E-state index is 6.29. The van der Waals surface area contributed by atoms with E-state index < -0.39 is 0 Å². The molecule has 3 nitrogen and oxygen atoms in total. The minimum Gasteiger partial charge on any atom is -0.373 e. The van der Waals surface area contributed by atoms with Gasteiger partial charge < -0.3 is 4.74 Å². The monoisotopic (exact) mass is 344 g/mol. The predicted octanol–water partition coefficient (Wildman–Crippen LogP) is 5.59. The van der Waals surface area contributed by atoms with E-state index in [1.165, 1.54) is 0 Å². The van der Waals surface area contributed by atoms with Gasteiger partial charge in [-0.05, 0) is 24.1 Å². The van der Waals surface area contributed by atoms with Gasteiger partial charge in [0.2, 0.25) is 0 Å². The van der Waals surface area contributed by atoms with Crippen molar-refractivity contribution < 1.29 is 4.74 Å². The first-order chi connectivity index (χ1) is 10.1. The van der Waals surface area contributed by atoms with E-state index in [0.717, 1.165) is 18.4 Å². The highest BCUT2D eigenvalue weighted by atomic mass is 35.5. The van der Waals surface area contributed by atoms with Crippen LogP contribution in [0.1, 0.15) is 31.7 Å². The fraction of sp³-hybridized carbons (Fsp3) is 0.333. The fourth-order valence-electron chi connectivity index (χ4n) is 2.04. The Morgan fingerprint density at radius 3 is 2.10 bits per heavy atom. The smallest absolute Gasteiger partial charge is 0.160 e. The molecule has 112 valence electrons. The molecule has 1 unspecified atom stereocenters. The van der Waals surface area contributed by atoms with Gasteiger partial charge in [-0.1, -0.05) is 60.3 Å². The lowest BCUT2D eigenvalue weighted by Crippen LogP contribution is -2.08. The van der Waals surface area contributed by atoms with Gasteiger partial charge in [0, 0.05) is 12.1 Å². The van der Waals surface area contributed by atoms with Crippen LogP contribution in [0.4, 0.5) is 0 Å². The van der Waals surface area contributed by atoms with E-state index in [-0.39, 0.29) is 6.10 Å². The number of hydrogen-bond acceptors (Lipinski definition) is 3. The third kappa shape index (κ3) is 3.86. The minimum atomic E-state index is -0.204. The Kier molecular flexibility index (Phi) is 5.82. The Hall–Kier alpha value is -0.870. The highest BCUT2D eigenvalue weighted by molar-refractivity contribution is 6.37. The molecule has 0 fully saturated rings. The molecule has 1 atom stereocenters. The molecule has 0 aliphatic heterocycles. The molecule has 0 N–H and O–H groups in total. The molecule has 0 aliphatic carbocycles. The fourth-order valence-corrected chi connectivity index (χ4v) is 2.78. The van der Waals surface area contributed by atoms with Gasteiger partial charge in [-0.15, -0.1) is 0 Å². The normalized spacial score (nSPS) is 12.4. The first-order valence-corrected chi connectivity index (χ1v) is 7.71. The number of aromatic nitrogens is 2. The van der Waals surface area contributed by atoms with Crippen LogP contribution in [0, 0.1) is 0 Å². The molecule has 0 radical (unpaired) electrons. The quantitative estimate of drug-likeness (QED) is 0.662. The van der Waals surface area contributed by atoms with E-state index in [4.69, 9.17) is 39.5 Å². The lowest BCUT2D eigenvalue weighted by Gasteiger charge is -2.15. The molecule has 2 rings (SSSR count). The lowest BCUT2D eigenvalue weighted by atomic mass is 10.1. The summed E-state index contributed by atoms with van der Waals surface area (Å²) in [5, 5.41) is 1.27. The van der Waals surface area contributed by atoms with Gasteiger partial charge in [0.1, 0.15) is 16.4 Å². The number of nitrogens with zero attached hydrogens (tertiary/aromatic N) is 2. The molecule has 0 amide bonds. The highest BCUT2D eigenvalue weighted by Crippen LogP contribution is 2.34. The maximum absolute atomic E-state index is 6.29. The van der Waals surface area contributed by atoms with Crippen molar-refractivity contribution in [1.29, 1.82) is 0 Å². The average Bonchev–Trinajstić information content (AvgIpc) is 2.46. The molecule has 2 aromatic rings. The summed E-state index contributed by atoms with van der Waals surface area (Å²) in [6.45, 7) is 2.07. The number of ether oxygens (including phenoxy) is 1. The number of hydrogen-bond donors (Lipinski definition) is 0. The molecular formula is C15H15Cl3N2O. The zero-order chi connectivity index (χ0) is 15.4. The Bertz CT molecular complexity index is 594. The van der Waals surface area contributed by atoms with Crippen molar-refractivity contribution in [2.45, 2.75) is 25.9 Å². The summed E-state index contributed by atoms with van der Waals surface area (Å²) in [5.74, 6) is 0.507. The number of rotatable bonds is 5. The molecule has 21 heavy (non-hydrogen) atoms. The van der Waals surface area contributed by atoms with E-state index in [1.54, 1.807) is 19.2 Å². The van der Waals surface area contributed by atoms with Crippen LogP contribution in [0.3, 0.4) is 0 Å². The molecule has 0 bridgehead atoms. The Balaban J connectivity index is 2.44. The van der Waals surface area contributed by atoms with Crippen molar-refractivity contribution in [3.05, 3.63) is 45.4 Å². The first kappa shape index (κ1) is 16.5. The van der Waals surface area contributed by atoms with Gasteiger partial charge >= 0.3 is 0 Å². The molecule has 0 aliphatic rings. The molecule has 0 spiro atoms. The van der Waals surface area contributed by atoms with Crippen molar-refractivity contribution in [3.63, 3.8) is 0 Å². The second kappa shape index (κ2) is 7.41. The van der Waals surface area contributed by atoms with Crippen LogP contribution >= 0.6 is 34.8 Å². The molecular weight excluding hydrogens is 331 g/mol. The Morgan fingerprint density at radius 1 is 1.05 bits per heavy atom. The van der Waals surface area contributed by atoms with E-state index in [9.17, 15) is 0 Å².